The van der Waals surface area contributed by atoms with Gasteiger partial charge in [0.15, 0.2) is 16.6 Å². The molecule has 9 nitrogen and oxygen atoms in total. The largest absolute Gasteiger partial charge is 0.414 e. The highest BCUT2D eigenvalue weighted by Crippen LogP contribution is 2.42. The first-order chi connectivity index (χ1) is 15.4. The maximum absolute atomic E-state index is 12.8. The van der Waals surface area contributed by atoms with E-state index < -0.39 is 28.6 Å². The van der Waals surface area contributed by atoms with Gasteiger partial charge in [-0.1, -0.05) is 41.5 Å². The van der Waals surface area contributed by atoms with E-state index in [0.29, 0.717) is 25.4 Å². The molecule has 2 N–H and O–H groups in total. The van der Waals surface area contributed by atoms with Crippen molar-refractivity contribution in [2.45, 2.75) is 109 Å². The number of carbonyl (C=O) groups is 1. The molecule has 1 fully saturated rings. The Balaban J connectivity index is 1.87. The number of fused-ring (bicyclic) bond motifs is 1. The van der Waals surface area contributed by atoms with Gasteiger partial charge in [-0.15, -0.1) is 0 Å². The van der Waals surface area contributed by atoms with E-state index in [9.17, 15) is 9.59 Å². The third kappa shape index (κ3) is 5.64. The minimum Gasteiger partial charge on any atom is -0.414 e. The first-order valence-corrected chi connectivity index (χ1v) is 17.9. The molecule has 2 amide bonds. The van der Waals surface area contributed by atoms with E-state index in [1.54, 1.807) is 6.20 Å². The number of anilines is 1. The minimum atomic E-state index is -2.08. The fourth-order valence-electron chi connectivity index (χ4n) is 3.49. The number of carbonyl (C=O) groups excluding carboxylic acids is 1. The molecule has 11 heteroatoms. The lowest BCUT2D eigenvalue weighted by Crippen LogP contribution is -2.48. The first kappa shape index (κ1) is 27.1. The molecule has 3 atom stereocenters. The summed E-state index contributed by atoms with van der Waals surface area (Å²) in [4.78, 5) is 28.5. The average molecular weight is 511 g/mol. The lowest BCUT2D eigenvalue weighted by Gasteiger charge is -2.40. The van der Waals surface area contributed by atoms with Crippen LogP contribution in [0.1, 0.15) is 59.8 Å². The van der Waals surface area contributed by atoms with Crippen LogP contribution in [0.25, 0.3) is 0 Å². The Morgan fingerprint density at radius 1 is 1.09 bits per heavy atom. The Morgan fingerprint density at radius 3 is 2.29 bits per heavy atom. The van der Waals surface area contributed by atoms with Crippen LogP contribution in [0.15, 0.2) is 11.0 Å². The van der Waals surface area contributed by atoms with E-state index in [-0.39, 0.29) is 28.3 Å². The molecule has 0 radical (unpaired) electrons. The summed E-state index contributed by atoms with van der Waals surface area (Å²) in [5, 5.41) is 5.42. The van der Waals surface area contributed by atoms with Gasteiger partial charge in [0.25, 0.3) is 0 Å². The molecule has 1 aromatic rings. The van der Waals surface area contributed by atoms with E-state index in [1.165, 1.54) is 4.57 Å². The number of hydrogen-bond acceptors (Lipinski definition) is 6. The highest BCUT2D eigenvalue weighted by Gasteiger charge is 2.47. The maximum atomic E-state index is 12.8. The summed E-state index contributed by atoms with van der Waals surface area (Å²) in [7, 11) is -4.07. The van der Waals surface area contributed by atoms with Crippen LogP contribution < -0.4 is 16.3 Å². The smallest absolute Gasteiger partial charge is 0.351 e. The fraction of sp³-hybridized carbons (Fsp3) is 0.783. The number of aromatic nitrogens is 2. The summed E-state index contributed by atoms with van der Waals surface area (Å²) in [6.07, 6.45) is 1.29. The molecule has 2 aliphatic rings. The Morgan fingerprint density at radius 2 is 1.71 bits per heavy atom. The molecule has 192 valence electrons. The number of hydrogen-bond donors (Lipinski definition) is 2. The third-order valence-corrected chi connectivity index (χ3v) is 16.9. The third-order valence-electron chi connectivity index (χ3n) is 7.86. The monoisotopic (exact) mass is 510 g/mol. The van der Waals surface area contributed by atoms with Crippen LogP contribution in [-0.4, -0.2) is 51.0 Å². The summed E-state index contributed by atoms with van der Waals surface area (Å²) in [6.45, 7) is 22.9. The van der Waals surface area contributed by atoms with E-state index in [2.05, 4.69) is 83.3 Å². The van der Waals surface area contributed by atoms with Gasteiger partial charge < -0.3 is 18.9 Å². The zero-order valence-electron chi connectivity index (χ0n) is 22.4. The minimum absolute atomic E-state index is 0.0456. The van der Waals surface area contributed by atoms with Crippen molar-refractivity contribution in [3.63, 3.8) is 0 Å². The van der Waals surface area contributed by atoms with Crippen molar-refractivity contribution in [2.75, 3.05) is 11.9 Å². The predicted octanol–water partition coefficient (Wildman–Crippen LogP) is 4.58. The van der Waals surface area contributed by atoms with Gasteiger partial charge in [0.05, 0.1) is 12.7 Å². The van der Waals surface area contributed by atoms with Gasteiger partial charge >= 0.3 is 11.7 Å². The number of rotatable bonds is 6. The summed E-state index contributed by atoms with van der Waals surface area (Å²) < 4.78 is 21.3. The fourth-order valence-corrected chi connectivity index (χ4v) is 5.86. The molecular formula is C23H42N4O5Si2. The van der Waals surface area contributed by atoms with Crippen molar-refractivity contribution in [3.8, 4) is 0 Å². The summed E-state index contributed by atoms with van der Waals surface area (Å²) in [6, 6.07) is -0.361. The maximum Gasteiger partial charge on any atom is 0.351 e. The topological polar surface area (TPSA) is 104 Å². The second-order valence-corrected chi connectivity index (χ2v) is 22.0. The summed E-state index contributed by atoms with van der Waals surface area (Å²) >= 11 is 0. The Bertz CT molecular complexity index is 981. The molecule has 3 heterocycles. The molecule has 3 rings (SSSR count). The van der Waals surface area contributed by atoms with Crippen molar-refractivity contribution in [2.24, 2.45) is 0 Å². The van der Waals surface area contributed by atoms with Gasteiger partial charge in [-0.3, -0.25) is 9.88 Å². The molecule has 0 saturated carbocycles. The number of nitrogens with one attached hydrogen (secondary N) is 2. The normalized spacial score (nSPS) is 23.9. The zero-order valence-corrected chi connectivity index (χ0v) is 24.4. The molecule has 2 aliphatic heterocycles. The lowest BCUT2D eigenvalue weighted by molar-refractivity contribution is -0.0412. The van der Waals surface area contributed by atoms with Crippen molar-refractivity contribution in [3.05, 3.63) is 22.2 Å². The van der Waals surface area contributed by atoms with Gasteiger partial charge in [-0.05, 0) is 36.3 Å². The molecule has 0 bridgehead atoms. The Hall–Kier alpha value is -1.54. The molecule has 34 heavy (non-hydrogen) atoms. The van der Waals surface area contributed by atoms with Crippen molar-refractivity contribution >= 4 is 28.5 Å². The second-order valence-electron chi connectivity index (χ2n) is 12.5. The lowest BCUT2D eigenvalue weighted by atomic mass is 10.2. The van der Waals surface area contributed by atoms with Crippen LogP contribution in [0.2, 0.25) is 36.3 Å². The highest BCUT2D eigenvalue weighted by atomic mass is 28.4. The molecule has 0 unspecified atom stereocenters. The summed E-state index contributed by atoms with van der Waals surface area (Å²) in [5.74, 6) is 0.301. The van der Waals surface area contributed by atoms with Crippen LogP contribution >= 0.6 is 0 Å². The van der Waals surface area contributed by atoms with Gasteiger partial charge in [0.1, 0.15) is 18.1 Å². The zero-order chi connectivity index (χ0) is 25.7. The molecule has 1 saturated heterocycles. The van der Waals surface area contributed by atoms with E-state index >= 15 is 0 Å². The van der Waals surface area contributed by atoms with Crippen LogP contribution in [-0.2, 0) is 20.1 Å². The van der Waals surface area contributed by atoms with Crippen LogP contribution in [0.3, 0.4) is 0 Å². The van der Waals surface area contributed by atoms with E-state index in [1.807, 2.05) is 0 Å². The SMILES string of the molecule is CC(C)(C)[Si](C)(C)OC[C@H]1O[C@@H](n2cc3c(nc2=O)NC(=O)NC3)C[C@@H]1O[Si](C)(C)C(C)(C)C. The number of nitrogens with zero attached hydrogens (tertiary/aromatic N) is 2. The van der Waals surface area contributed by atoms with Crippen molar-refractivity contribution in [1.82, 2.24) is 14.9 Å². The molecule has 0 aliphatic carbocycles. The number of urea groups is 1. The molecule has 0 aromatic carbocycles. The van der Waals surface area contributed by atoms with Crippen LogP contribution in [0, 0.1) is 0 Å². The quantitative estimate of drug-likeness (QED) is 0.543. The molecule has 1 aromatic heterocycles. The van der Waals surface area contributed by atoms with Gasteiger partial charge in [-0.25, -0.2) is 9.59 Å². The average Bonchev–Trinajstić information content (AvgIpc) is 3.05. The van der Waals surface area contributed by atoms with E-state index in [4.69, 9.17) is 13.6 Å². The van der Waals surface area contributed by atoms with Gasteiger partial charge in [0.2, 0.25) is 0 Å². The van der Waals surface area contributed by atoms with Gasteiger partial charge in [-0.2, -0.15) is 4.98 Å². The predicted molar refractivity (Wildman–Crippen MR) is 138 cm³/mol. The number of ether oxygens (including phenoxy) is 1. The molecule has 0 spiro atoms. The summed E-state index contributed by atoms with van der Waals surface area (Å²) in [5.41, 5.74) is 0.286. The first-order valence-electron chi connectivity index (χ1n) is 12.1. The standard InChI is InChI=1S/C23H42N4O5Si2/c1-22(2,3)33(7,8)30-14-17-16(32-34(9,10)23(4,5)6)11-18(31-17)27-13-15-12-24-20(28)25-19(15)26-21(27)29/h13,16-18H,11-12,14H2,1-10H3,(H2,24,25,26,28,29)/t16-,17+,18+/m0/s1. The van der Waals surface area contributed by atoms with Gasteiger partial charge in [0, 0.05) is 24.7 Å². The van der Waals surface area contributed by atoms with Crippen LogP contribution in [0.5, 0.6) is 0 Å². The Labute approximate surface area is 205 Å². The Kier molecular flexibility index (Phi) is 7.29. The number of amides is 2. The second kappa shape index (κ2) is 9.16. The van der Waals surface area contributed by atoms with E-state index in [0.717, 1.165) is 5.56 Å². The van der Waals surface area contributed by atoms with Crippen LogP contribution in [0.4, 0.5) is 10.6 Å². The highest BCUT2D eigenvalue weighted by molar-refractivity contribution is 6.74. The van der Waals surface area contributed by atoms with Crippen molar-refractivity contribution in [1.29, 1.82) is 0 Å². The van der Waals surface area contributed by atoms with Crippen molar-refractivity contribution < 1.29 is 18.4 Å². The molecular weight excluding hydrogens is 468 g/mol.